The van der Waals surface area contributed by atoms with Gasteiger partial charge in [-0.25, -0.2) is 4.39 Å². The van der Waals surface area contributed by atoms with E-state index in [0.29, 0.717) is 39.3 Å². The topological polar surface area (TPSA) is 102 Å². The molecular weight excluding hydrogens is 565 g/mol. The first-order valence-electron chi connectivity index (χ1n) is 12.4. The third-order valence-electron chi connectivity index (χ3n) is 6.25. The number of aliphatic hydroxyl groups excluding tert-OH is 1. The third-order valence-corrected chi connectivity index (χ3v) is 8.38. The van der Waals surface area contributed by atoms with Crippen LogP contribution in [0, 0.1) is 5.82 Å². The van der Waals surface area contributed by atoms with Gasteiger partial charge in [-0.3, -0.25) is 14.5 Å². The number of amides is 1. The monoisotopic (exact) mass is 589 g/mol. The number of ketones is 1. The summed E-state index contributed by atoms with van der Waals surface area (Å²) in [4.78, 5) is 28.1. The zero-order chi connectivity index (χ0) is 28.9. The number of nitrogens with zero attached hydrogens (tertiary/aromatic N) is 3. The van der Waals surface area contributed by atoms with Crippen LogP contribution in [0.2, 0.25) is 0 Å². The number of Topliss-reactive ketones (excluding diaryl/α,β-unsaturated/α-hetero) is 1. The van der Waals surface area contributed by atoms with Gasteiger partial charge >= 0.3 is 5.91 Å². The quantitative estimate of drug-likeness (QED) is 0.0585. The lowest BCUT2D eigenvalue weighted by Crippen LogP contribution is -2.29. The Labute approximate surface area is 243 Å². The second kappa shape index (κ2) is 12.4. The zero-order valence-electron chi connectivity index (χ0n) is 21.8. The van der Waals surface area contributed by atoms with Crippen LogP contribution in [0.4, 0.5) is 9.52 Å². The van der Waals surface area contributed by atoms with Crippen molar-refractivity contribution >= 4 is 45.7 Å². The van der Waals surface area contributed by atoms with Gasteiger partial charge in [0.15, 0.2) is 4.34 Å². The lowest BCUT2D eigenvalue weighted by atomic mass is 9.95. The summed E-state index contributed by atoms with van der Waals surface area (Å²) in [5.41, 5.74) is 1.75. The molecule has 0 bridgehead atoms. The third kappa shape index (κ3) is 6.01. The van der Waals surface area contributed by atoms with E-state index >= 15 is 0 Å². The van der Waals surface area contributed by atoms with Crippen LogP contribution >= 0.6 is 23.1 Å². The van der Waals surface area contributed by atoms with Crippen molar-refractivity contribution in [3.63, 3.8) is 0 Å². The standard InChI is InChI=1S/C30H24FN3O5S2/c1-3-16-39-23-14-6-19(7-15-23)25-24(26(35)20-8-12-22(38-2)13-9-20)27(36)28(37)34(25)29-32-33-30(41-29)40-17-18-4-10-21(31)11-5-18/h3-15,25,35H,1,16-17H2,2H3/b26-24-. The molecule has 3 aromatic carbocycles. The fraction of sp³-hybridized carbons (Fsp3) is 0.133. The van der Waals surface area contributed by atoms with Crippen molar-refractivity contribution in [1.29, 1.82) is 0 Å². The average molecular weight is 590 g/mol. The predicted molar refractivity (Wildman–Crippen MR) is 156 cm³/mol. The molecule has 4 aromatic rings. The Kier molecular flexibility index (Phi) is 8.46. The number of aliphatic hydroxyl groups is 1. The number of rotatable bonds is 10. The van der Waals surface area contributed by atoms with Gasteiger partial charge in [0, 0.05) is 11.3 Å². The van der Waals surface area contributed by atoms with E-state index in [2.05, 4.69) is 16.8 Å². The van der Waals surface area contributed by atoms with Crippen molar-refractivity contribution in [2.75, 3.05) is 18.6 Å². The molecule has 0 spiro atoms. The van der Waals surface area contributed by atoms with Crippen LogP contribution in [0.15, 0.2) is 95.4 Å². The number of aromatic nitrogens is 2. The molecular formula is C30H24FN3O5S2. The summed E-state index contributed by atoms with van der Waals surface area (Å²) in [5, 5.41) is 19.9. The molecule has 1 aliphatic heterocycles. The highest BCUT2D eigenvalue weighted by Crippen LogP contribution is 2.44. The minimum absolute atomic E-state index is 0.0735. The highest BCUT2D eigenvalue weighted by molar-refractivity contribution is 8.00. The Bertz CT molecular complexity index is 1600. The number of anilines is 1. The van der Waals surface area contributed by atoms with Gasteiger partial charge in [-0.1, -0.05) is 60.0 Å². The number of thioether (sulfide) groups is 1. The van der Waals surface area contributed by atoms with Crippen LogP contribution in [0.1, 0.15) is 22.7 Å². The number of hydrogen-bond acceptors (Lipinski definition) is 9. The van der Waals surface area contributed by atoms with E-state index in [9.17, 15) is 19.1 Å². The van der Waals surface area contributed by atoms with Crippen LogP contribution in [0.25, 0.3) is 5.76 Å². The van der Waals surface area contributed by atoms with Gasteiger partial charge in [-0.15, -0.1) is 10.2 Å². The fourth-order valence-corrected chi connectivity index (χ4v) is 6.06. The van der Waals surface area contributed by atoms with E-state index in [1.165, 1.54) is 35.9 Å². The number of ether oxygens (including phenoxy) is 2. The van der Waals surface area contributed by atoms with Crippen molar-refractivity contribution in [3.05, 3.63) is 114 Å². The molecule has 0 radical (unpaired) electrons. The Morgan fingerprint density at radius 2 is 1.73 bits per heavy atom. The van der Waals surface area contributed by atoms with Crippen LogP contribution in [0.5, 0.6) is 11.5 Å². The van der Waals surface area contributed by atoms with Crippen molar-refractivity contribution < 1.29 is 28.6 Å². The fourth-order valence-electron chi connectivity index (χ4n) is 4.24. The summed E-state index contributed by atoms with van der Waals surface area (Å²) in [5.74, 6) is -0.636. The molecule has 1 saturated heterocycles. The first-order chi connectivity index (χ1) is 19.9. The first kappa shape index (κ1) is 28.1. The highest BCUT2D eigenvalue weighted by Gasteiger charge is 2.48. The number of methoxy groups -OCH3 is 1. The summed E-state index contributed by atoms with van der Waals surface area (Å²) in [6.07, 6.45) is 1.62. The molecule has 0 saturated carbocycles. The van der Waals surface area contributed by atoms with Crippen molar-refractivity contribution in [1.82, 2.24) is 10.2 Å². The van der Waals surface area contributed by atoms with E-state index < -0.39 is 17.7 Å². The van der Waals surface area contributed by atoms with Gasteiger partial charge in [-0.2, -0.15) is 0 Å². The Morgan fingerprint density at radius 3 is 2.39 bits per heavy atom. The molecule has 1 atom stereocenters. The normalized spacial score (nSPS) is 16.1. The largest absolute Gasteiger partial charge is 0.507 e. The molecule has 1 aliphatic rings. The summed E-state index contributed by atoms with van der Waals surface area (Å²) >= 11 is 2.53. The zero-order valence-corrected chi connectivity index (χ0v) is 23.5. The lowest BCUT2D eigenvalue weighted by Gasteiger charge is -2.22. The average Bonchev–Trinajstić information content (AvgIpc) is 3.57. The summed E-state index contributed by atoms with van der Waals surface area (Å²) in [6, 6.07) is 18.6. The Morgan fingerprint density at radius 1 is 1.05 bits per heavy atom. The number of halogens is 1. The van der Waals surface area contributed by atoms with Crippen LogP contribution in [0.3, 0.4) is 0 Å². The molecule has 2 heterocycles. The maximum Gasteiger partial charge on any atom is 0.301 e. The van der Waals surface area contributed by atoms with E-state index in [1.54, 1.807) is 66.7 Å². The maximum atomic E-state index is 13.4. The number of carbonyl (C=O) groups excluding carboxylic acids is 2. The van der Waals surface area contributed by atoms with Crippen LogP contribution in [-0.4, -0.2) is 40.7 Å². The molecule has 1 amide bonds. The van der Waals surface area contributed by atoms with E-state index in [4.69, 9.17) is 9.47 Å². The number of carbonyl (C=O) groups is 2. The molecule has 11 heteroatoms. The smallest absolute Gasteiger partial charge is 0.301 e. The lowest BCUT2D eigenvalue weighted by molar-refractivity contribution is -0.132. The van der Waals surface area contributed by atoms with Gasteiger partial charge < -0.3 is 14.6 Å². The molecule has 8 nitrogen and oxygen atoms in total. The highest BCUT2D eigenvalue weighted by atomic mass is 32.2. The minimum Gasteiger partial charge on any atom is -0.507 e. The summed E-state index contributed by atoms with van der Waals surface area (Å²) in [7, 11) is 1.52. The second-order valence-electron chi connectivity index (χ2n) is 8.83. The number of hydrogen-bond donors (Lipinski definition) is 1. The minimum atomic E-state index is -0.964. The first-order valence-corrected chi connectivity index (χ1v) is 14.2. The molecule has 208 valence electrons. The molecule has 1 aromatic heterocycles. The van der Waals surface area contributed by atoms with Crippen LogP contribution in [-0.2, 0) is 15.3 Å². The van der Waals surface area contributed by atoms with Crippen LogP contribution < -0.4 is 14.4 Å². The Balaban J connectivity index is 1.52. The summed E-state index contributed by atoms with van der Waals surface area (Å²) in [6.45, 7) is 3.96. The molecule has 1 unspecified atom stereocenters. The molecule has 1 N–H and O–H groups in total. The second-order valence-corrected chi connectivity index (χ2v) is 11.0. The maximum absolute atomic E-state index is 13.4. The number of benzene rings is 3. The van der Waals surface area contributed by atoms with Gasteiger partial charge in [-0.05, 0) is 59.7 Å². The van der Waals surface area contributed by atoms with Gasteiger partial charge in [0.25, 0.3) is 5.78 Å². The molecule has 5 rings (SSSR count). The van der Waals surface area contributed by atoms with Gasteiger partial charge in [0.2, 0.25) is 5.13 Å². The summed E-state index contributed by atoms with van der Waals surface area (Å²) < 4.78 is 24.6. The molecule has 41 heavy (non-hydrogen) atoms. The Hall–Kier alpha value is -4.48. The molecule has 1 fully saturated rings. The van der Waals surface area contributed by atoms with Crippen molar-refractivity contribution in [2.24, 2.45) is 0 Å². The van der Waals surface area contributed by atoms with Crippen molar-refractivity contribution in [3.8, 4) is 11.5 Å². The van der Waals surface area contributed by atoms with Gasteiger partial charge in [0.1, 0.15) is 29.7 Å². The predicted octanol–water partition coefficient (Wildman–Crippen LogP) is 6.17. The van der Waals surface area contributed by atoms with E-state index in [0.717, 1.165) is 16.9 Å². The molecule has 0 aliphatic carbocycles. The van der Waals surface area contributed by atoms with Crippen molar-refractivity contribution in [2.45, 2.75) is 16.1 Å². The van der Waals surface area contributed by atoms with E-state index in [-0.39, 0.29) is 22.3 Å². The van der Waals surface area contributed by atoms with Gasteiger partial charge in [0.05, 0.1) is 18.7 Å². The van der Waals surface area contributed by atoms with E-state index in [1.807, 2.05) is 0 Å². The SMILES string of the molecule is C=CCOc1ccc(C2/C(=C(/O)c3ccc(OC)cc3)C(=O)C(=O)N2c2nnc(SCc3ccc(F)cc3)s2)cc1.